The number of anilines is 2. The van der Waals surface area contributed by atoms with Gasteiger partial charge < -0.3 is 10.6 Å². The fourth-order valence-corrected chi connectivity index (χ4v) is 3.14. The first-order valence-corrected chi connectivity index (χ1v) is 8.72. The largest absolute Gasteiger partial charge is 0.323 e. The summed E-state index contributed by atoms with van der Waals surface area (Å²) < 4.78 is 0. The molecule has 0 fully saturated rings. The van der Waals surface area contributed by atoms with Crippen LogP contribution < -0.4 is 10.6 Å². The van der Waals surface area contributed by atoms with Crippen LogP contribution in [0.2, 0.25) is 0 Å². The average molecular weight is 337 g/mol. The Morgan fingerprint density at radius 1 is 1.04 bits per heavy atom. The van der Waals surface area contributed by atoms with E-state index in [0.29, 0.717) is 0 Å². The molecule has 0 unspecified atom stereocenters. The summed E-state index contributed by atoms with van der Waals surface area (Å²) in [7, 11) is 0. The zero-order chi connectivity index (χ0) is 16.9. The van der Waals surface area contributed by atoms with Crippen LogP contribution >= 0.6 is 11.3 Å². The van der Waals surface area contributed by atoms with Crippen molar-refractivity contribution < 1.29 is 4.79 Å². The normalized spacial score (nSPS) is 10.4. The van der Waals surface area contributed by atoms with Gasteiger partial charge in [-0.25, -0.2) is 9.78 Å². The van der Waals surface area contributed by atoms with Crippen LogP contribution in [0.3, 0.4) is 0 Å². The van der Waals surface area contributed by atoms with Crippen molar-refractivity contribution in [2.45, 2.75) is 20.3 Å². The molecule has 2 N–H and O–H groups in total. The lowest BCUT2D eigenvalue weighted by Crippen LogP contribution is -2.20. The smallest absolute Gasteiger partial charge is 0.307 e. The molecule has 0 aliphatic carbocycles. The molecule has 5 heteroatoms. The minimum absolute atomic E-state index is 0.254. The Hall–Kier alpha value is -2.66. The Bertz CT molecular complexity index is 857. The number of carbonyl (C=O) groups is 1. The van der Waals surface area contributed by atoms with Gasteiger partial charge in [-0.15, -0.1) is 11.3 Å². The quantitative estimate of drug-likeness (QED) is 0.676. The van der Waals surface area contributed by atoms with E-state index in [4.69, 9.17) is 0 Å². The first-order valence-electron chi connectivity index (χ1n) is 7.85. The molecule has 0 aliphatic heterocycles. The van der Waals surface area contributed by atoms with Gasteiger partial charge in [0.05, 0.1) is 16.4 Å². The molecule has 24 heavy (non-hydrogen) atoms. The highest BCUT2D eigenvalue weighted by molar-refractivity contribution is 7.09. The Labute approximate surface area is 145 Å². The molecule has 2 aromatic carbocycles. The van der Waals surface area contributed by atoms with E-state index in [1.807, 2.05) is 60.8 Å². The second-order valence-corrected chi connectivity index (χ2v) is 6.45. The Morgan fingerprint density at radius 2 is 1.71 bits per heavy atom. The summed E-state index contributed by atoms with van der Waals surface area (Å²) in [6, 6.07) is 15.3. The molecule has 0 spiro atoms. The maximum atomic E-state index is 12.4. The molecule has 1 heterocycles. The maximum absolute atomic E-state index is 12.4. The van der Waals surface area contributed by atoms with Gasteiger partial charge in [-0.05, 0) is 31.0 Å². The van der Waals surface area contributed by atoms with Crippen molar-refractivity contribution in [3.05, 3.63) is 64.5 Å². The first kappa shape index (κ1) is 16.2. The second-order valence-electron chi connectivity index (χ2n) is 5.39. The number of carbonyl (C=O) groups excluding carboxylic acids is 1. The molecule has 2 amide bonds. The minimum atomic E-state index is -0.254. The van der Waals surface area contributed by atoms with Crippen LogP contribution in [0.1, 0.15) is 17.5 Å². The van der Waals surface area contributed by atoms with Crippen molar-refractivity contribution in [1.29, 1.82) is 0 Å². The van der Waals surface area contributed by atoms with Crippen LogP contribution in [0, 0.1) is 6.92 Å². The number of thiazole rings is 1. The highest BCUT2D eigenvalue weighted by atomic mass is 32.1. The number of rotatable bonds is 4. The second kappa shape index (κ2) is 7.27. The number of hydrogen-bond acceptors (Lipinski definition) is 3. The summed E-state index contributed by atoms with van der Waals surface area (Å²) in [6.07, 6.45) is 0.866. The van der Waals surface area contributed by atoms with Crippen molar-refractivity contribution in [3.63, 3.8) is 0 Å². The van der Waals surface area contributed by atoms with Gasteiger partial charge in [-0.3, -0.25) is 0 Å². The van der Waals surface area contributed by atoms with Gasteiger partial charge in [0.1, 0.15) is 0 Å². The molecule has 4 nitrogen and oxygen atoms in total. The van der Waals surface area contributed by atoms with E-state index in [1.54, 1.807) is 11.3 Å². The van der Waals surface area contributed by atoms with E-state index in [0.717, 1.165) is 39.6 Å². The number of para-hydroxylation sites is 2. The molecule has 3 rings (SSSR count). The van der Waals surface area contributed by atoms with E-state index in [2.05, 4.69) is 22.5 Å². The summed E-state index contributed by atoms with van der Waals surface area (Å²) in [6.45, 7) is 4.04. The predicted molar refractivity (Wildman–Crippen MR) is 101 cm³/mol. The van der Waals surface area contributed by atoms with Crippen LogP contribution in [0.25, 0.3) is 11.3 Å². The van der Waals surface area contributed by atoms with Crippen molar-refractivity contribution in [3.8, 4) is 11.3 Å². The topological polar surface area (TPSA) is 54.0 Å². The summed E-state index contributed by atoms with van der Waals surface area (Å²) in [5, 5.41) is 8.86. The fraction of sp³-hybridized carbons (Fsp3) is 0.158. The molecule has 0 atom stereocenters. The van der Waals surface area contributed by atoms with E-state index >= 15 is 0 Å². The molecule has 0 radical (unpaired) electrons. The van der Waals surface area contributed by atoms with Gasteiger partial charge >= 0.3 is 6.03 Å². The van der Waals surface area contributed by atoms with Gasteiger partial charge in [0, 0.05) is 16.6 Å². The number of amides is 2. The van der Waals surface area contributed by atoms with Crippen molar-refractivity contribution in [1.82, 2.24) is 4.98 Å². The average Bonchev–Trinajstić information content (AvgIpc) is 3.02. The summed E-state index contributed by atoms with van der Waals surface area (Å²) in [5.41, 5.74) is 4.48. The van der Waals surface area contributed by atoms with E-state index in [1.165, 1.54) is 0 Å². The highest BCUT2D eigenvalue weighted by Gasteiger charge is 2.11. The van der Waals surface area contributed by atoms with Crippen LogP contribution in [-0.2, 0) is 6.42 Å². The molecule has 0 saturated heterocycles. The van der Waals surface area contributed by atoms with Crippen LogP contribution in [0.5, 0.6) is 0 Å². The number of urea groups is 1. The molecule has 1 aromatic heterocycles. The fourth-order valence-electron chi connectivity index (χ4n) is 2.53. The zero-order valence-corrected chi connectivity index (χ0v) is 14.5. The molecule has 0 aliphatic rings. The summed E-state index contributed by atoms with van der Waals surface area (Å²) >= 11 is 1.59. The van der Waals surface area contributed by atoms with Crippen molar-refractivity contribution in [2.24, 2.45) is 0 Å². The minimum Gasteiger partial charge on any atom is -0.307 e. The van der Waals surface area contributed by atoms with Crippen molar-refractivity contribution >= 4 is 28.7 Å². The molecule has 0 bridgehead atoms. The highest BCUT2D eigenvalue weighted by Crippen LogP contribution is 2.29. The van der Waals surface area contributed by atoms with Crippen LogP contribution in [0.15, 0.2) is 53.9 Å². The maximum Gasteiger partial charge on any atom is 0.323 e. The monoisotopic (exact) mass is 337 g/mol. The van der Waals surface area contributed by atoms with Gasteiger partial charge in [-0.2, -0.15) is 0 Å². The van der Waals surface area contributed by atoms with Gasteiger partial charge in [0.15, 0.2) is 0 Å². The SMILES string of the molecule is CCc1ccccc1NC(=O)Nc1ccccc1-c1csc(C)n1. The lowest BCUT2D eigenvalue weighted by molar-refractivity contribution is 0.262. The number of nitrogens with one attached hydrogen (secondary N) is 2. The number of aryl methyl sites for hydroxylation is 2. The number of hydrogen-bond donors (Lipinski definition) is 2. The predicted octanol–water partition coefficient (Wildman–Crippen LogP) is 5.32. The van der Waals surface area contributed by atoms with Crippen molar-refractivity contribution in [2.75, 3.05) is 10.6 Å². The number of benzene rings is 2. The summed E-state index contributed by atoms with van der Waals surface area (Å²) in [4.78, 5) is 16.9. The first-order chi connectivity index (χ1) is 11.7. The standard InChI is InChI=1S/C19H19N3OS/c1-3-14-8-4-6-10-16(14)21-19(23)22-17-11-7-5-9-15(17)18-12-24-13(2)20-18/h4-12H,3H2,1-2H3,(H2,21,22,23). The number of nitrogens with zero attached hydrogens (tertiary/aromatic N) is 1. The molecule has 122 valence electrons. The van der Waals surface area contributed by atoms with E-state index in [9.17, 15) is 4.79 Å². The van der Waals surface area contributed by atoms with Gasteiger partial charge in [0.25, 0.3) is 0 Å². The lowest BCUT2D eigenvalue weighted by Gasteiger charge is -2.13. The molecule has 0 saturated carbocycles. The summed E-state index contributed by atoms with van der Waals surface area (Å²) in [5.74, 6) is 0. The van der Waals surface area contributed by atoms with E-state index in [-0.39, 0.29) is 6.03 Å². The Kier molecular flexibility index (Phi) is 4.91. The molecular weight excluding hydrogens is 318 g/mol. The van der Waals surface area contributed by atoms with E-state index < -0.39 is 0 Å². The molecule has 3 aromatic rings. The Balaban J connectivity index is 1.80. The molecular formula is C19H19N3OS. The lowest BCUT2D eigenvalue weighted by atomic mass is 10.1. The third kappa shape index (κ3) is 3.63. The Morgan fingerprint density at radius 3 is 2.42 bits per heavy atom. The number of aromatic nitrogens is 1. The zero-order valence-electron chi connectivity index (χ0n) is 13.7. The van der Waals surface area contributed by atoms with Gasteiger partial charge in [-0.1, -0.05) is 43.3 Å². The van der Waals surface area contributed by atoms with Gasteiger partial charge in [0.2, 0.25) is 0 Å². The van der Waals surface area contributed by atoms with Crippen LogP contribution in [-0.4, -0.2) is 11.0 Å². The van der Waals surface area contributed by atoms with Crippen LogP contribution in [0.4, 0.5) is 16.2 Å². The third-order valence-electron chi connectivity index (χ3n) is 3.72. The third-order valence-corrected chi connectivity index (χ3v) is 4.49.